The number of hydrogen-bond donors (Lipinski definition) is 2. The van der Waals surface area contributed by atoms with Gasteiger partial charge >= 0.3 is 0 Å². The van der Waals surface area contributed by atoms with Gasteiger partial charge in [0.25, 0.3) is 0 Å². The number of rotatable bonds is 2. The molecule has 1 fully saturated rings. The molecule has 0 amide bonds. The number of likely N-dealkylation sites (N-methyl/N-ethyl adjacent to an activating group) is 1. The molecule has 4 heteroatoms. The van der Waals surface area contributed by atoms with Gasteiger partial charge in [0.2, 0.25) is 0 Å². The molecule has 11 heavy (non-hydrogen) atoms. The lowest BCUT2D eigenvalue weighted by Crippen LogP contribution is -2.47. The summed E-state index contributed by atoms with van der Waals surface area (Å²) in [5.74, 6) is 5.44. The third-order valence-corrected chi connectivity index (χ3v) is 1.97. The lowest BCUT2D eigenvalue weighted by atomic mass is 9.94. The van der Waals surface area contributed by atoms with Crippen LogP contribution in [0.4, 0.5) is 0 Å². The first-order chi connectivity index (χ1) is 5.12. The van der Waals surface area contributed by atoms with Gasteiger partial charge in [-0.15, -0.1) is 0 Å². The minimum absolute atomic E-state index is 0.524. The van der Waals surface area contributed by atoms with Gasteiger partial charge in [0.05, 0.1) is 5.60 Å². The van der Waals surface area contributed by atoms with Gasteiger partial charge in [-0.3, -0.25) is 5.84 Å². The number of ether oxygens (including phenoxy) is 1. The second-order valence-electron chi connectivity index (χ2n) is 3.25. The van der Waals surface area contributed by atoms with E-state index in [0.717, 1.165) is 0 Å². The molecule has 0 aromatic rings. The van der Waals surface area contributed by atoms with Crippen LogP contribution < -0.4 is 5.84 Å². The van der Waals surface area contributed by atoms with Crippen LogP contribution in [0.2, 0.25) is 0 Å². The summed E-state index contributed by atoms with van der Waals surface area (Å²) in [6.07, 6.45) is 1.38. The molecule has 0 aromatic heterocycles. The van der Waals surface area contributed by atoms with Crippen molar-refractivity contribution in [2.75, 3.05) is 26.8 Å². The first kappa shape index (κ1) is 8.93. The molecule has 1 rings (SSSR count). The maximum Gasteiger partial charge on any atom is 0.0831 e. The molecule has 66 valence electrons. The summed E-state index contributed by atoms with van der Waals surface area (Å²) in [6, 6.07) is 0. The maximum absolute atomic E-state index is 9.84. The SMILES string of the molecule is CN(N)CC1(O)CCOCC1. The quantitative estimate of drug-likeness (QED) is 0.415. The van der Waals surface area contributed by atoms with Crippen LogP contribution >= 0.6 is 0 Å². The highest BCUT2D eigenvalue weighted by atomic mass is 16.5. The summed E-state index contributed by atoms with van der Waals surface area (Å²) >= 11 is 0. The molecule has 1 aliphatic rings. The number of hydrazine groups is 1. The minimum Gasteiger partial charge on any atom is -0.388 e. The van der Waals surface area contributed by atoms with Crippen molar-refractivity contribution in [2.45, 2.75) is 18.4 Å². The largest absolute Gasteiger partial charge is 0.388 e. The zero-order chi connectivity index (χ0) is 8.32. The van der Waals surface area contributed by atoms with Crippen LogP contribution in [0.15, 0.2) is 0 Å². The summed E-state index contributed by atoms with van der Waals surface area (Å²) in [6.45, 7) is 1.81. The van der Waals surface area contributed by atoms with Crippen LogP contribution in [0.3, 0.4) is 0 Å². The molecule has 4 nitrogen and oxygen atoms in total. The van der Waals surface area contributed by atoms with Crippen molar-refractivity contribution < 1.29 is 9.84 Å². The first-order valence-corrected chi connectivity index (χ1v) is 3.88. The van der Waals surface area contributed by atoms with Gasteiger partial charge in [0.15, 0.2) is 0 Å². The molecule has 0 bridgehead atoms. The highest BCUT2D eigenvalue weighted by Gasteiger charge is 2.30. The fourth-order valence-electron chi connectivity index (χ4n) is 1.37. The molecule has 0 aliphatic carbocycles. The van der Waals surface area contributed by atoms with Crippen molar-refractivity contribution in [3.05, 3.63) is 0 Å². The topological polar surface area (TPSA) is 58.7 Å². The zero-order valence-corrected chi connectivity index (χ0v) is 6.92. The van der Waals surface area contributed by atoms with E-state index in [1.54, 1.807) is 7.05 Å². The lowest BCUT2D eigenvalue weighted by Gasteiger charge is -2.33. The van der Waals surface area contributed by atoms with E-state index in [0.29, 0.717) is 32.6 Å². The Kier molecular flexibility index (Phi) is 2.84. The number of nitrogens with two attached hydrogens (primary N) is 1. The Balaban J connectivity index is 2.37. The average Bonchev–Trinajstić information content (AvgIpc) is 1.85. The minimum atomic E-state index is -0.623. The summed E-state index contributed by atoms with van der Waals surface area (Å²) < 4.78 is 5.13. The molecule has 1 aliphatic heterocycles. The molecule has 0 saturated carbocycles. The molecule has 1 heterocycles. The molecule has 0 atom stereocenters. The molecule has 0 unspecified atom stereocenters. The van der Waals surface area contributed by atoms with Gasteiger partial charge in [-0.2, -0.15) is 0 Å². The molecule has 0 spiro atoms. The van der Waals surface area contributed by atoms with Gasteiger partial charge in [-0.1, -0.05) is 0 Å². The standard InChI is InChI=1S/C7H16N2O2/c1-9(8)6-7(10)2-4-11-5-3-7/h10H,2-6,8H2,1H3. The molecular formula is C7H16N2O2. The Hall–Kier alpha value is -0.160. The predicted molar refractivity (Wildman–Crippen MR) is 41.8 cm³/mol. The van der Waals surface area contributed by atoms with Gasteiger partial charge in [-0.05, 0) is 0 Å². The Morgan fingerprint density at radius 2 is 2.09 bits per heavy atom. The monoisotopic (exact) mass is 160 g/mol. The van der Waals surface area contributed by atoms with E-state index in [4.69, 9.17) is 10.6 Å². The highest BCUT2D eigenvalue weighted by molar-refractivity contribution is 4.82. The normalized spacial score (nSPS) is 24.0. The van der Waals surface area contributed by atoms with Gasteiger partial charge in [0.1, 0.15) is 0 Å². The Morgan fingerprint density at radius 1 is 1.55 bits per heavy atom. The highest BCUT2D eigenvalue weighted by Crippen LogP contribution is 2.20. The van der Waals surface area contributed by atoms with Crippen LogP contribution in [0, 0.1) is 0 Å². The molecule has 1 saturated heterocycles. The summed E-state index contributed by atoms with van der Waals surface area (Å²) in [5.41, 5.74) is -0.623. The van der Waals surface area contributed by atoms with Crippen LogP contribution in [-0.4, -0.2) is 42.5 Å². The zero-order valence-electron chi connectivity index (χ0n) is 6.92. The summed E-state index contributed by atoms with van der Waals surface area (Å²) in [7, 11) is 1.76. The van der Waals surface area contributed by atoms with Crippen LogP contribution in [0.5, 0.6) is 0 Å². The number of nitrogens with zero attached hydrogens (tertiary/aromatic N) is 1. The van der Waals surface area contributed by atoms with E-state index in [-0.39, 0.29) is 0 Å². The molecule has 0 aromatic carbocycles. The van der Waals surface area contributed by atoms with Crippen molar-refractivity contribution in [3.8, 4) is 0 Å². The Labute approximate surface area is 66.9 Å². The van der Waals surface area contributed by atoms with Crippen molar-refractivity contribution in [3.63, 3.8) is 0 Å². The number of aliphatic hydroxyl groups is 1. The summed E-state index contributed by atoms with van der Waals surface area (Å²) in [4.78, 5) is 0. The van der Waals surface area contributed by atoms with E-state index >= 15 is 0 Å². The fourth-order valence-corrected chi connectivity index (χ4v) is 1.37. The van der Waals surface area contributed by atoms with E-state index in [2.05, 4.69) is 0 Å². The molecule has 3 N–H and O–H groups in total. The Morgan fingerprint density at radius 3 is 2.55 bits per heavy atom. The van der Waals surface area contributed by atoms with E-state index in [1.807, 2.05) is 0 Å². The third-order valence-electron chi connectivity index (χ3n) is 1.97. The fraction of sp³-hybridized carbons (Fsp3) is 1.00. The molecule has 0 radical (unpaired) electrons. The van der Waals surface area contributed by atoms with Crippen LogP contribution in [0.1, 0.15) is 12.8 Å². The maximum atomic E-state index is 9.84. The van der Waals surface area contributed by atoms with Crippen molar-refractivity contribution in [1.29, 1.82) is 0 Å². The van der Waals surface area contributed by atoms with Crippen molar-refractivity contribution >= 4 is 0 Å². The van der Waals surface area contributed by atoms with Gasteiger partial charge in [-0.25, -0.2) is 5.01 Å². The number of hydrogen-bond acceptors (Lipinski definition) is 4. The predicted octanol–water partition coefficient (Wildman–Crippen LogP) is -0.667. The first-order valence-electron chi connectivity index (χ1n) is 3.88. The van der Waals surface area contributed by atoms with Gasteiger partial charge in [0, 0.05) is 39.6 Å². The van der Waals surface area contributed by atoms with E-state index < -0.39 is 5.60 Å². The lowest BCUT2D eigenvalue weighted by molar-refractivity contribution is -0.0770. The van der Waals surface area contributed by atoms with Crippen molar-refractivity contribution in [2.24, 2.45) is 5.84 Å². The second kappa shape index (κ2) is 3.49. The Bertz CT molecular complexity index is 122. The molecular weight excluding hydrogens is 144 g/mol. The van der Waals surface area contributed by atoms with Crippen molar-refractivity contribution in [1.82, 2.24) is 5.01 Å². The smallest absolute Gasteiger partial charge is 0.0831 e. The average molecular weight is 160 g/mol. The second-order valence-corrected chi connectivity index (χ2v) is 3.25. The van der Waals surface area contributed by atoms with E-state index in [1.165, 1.54) is 5.01 Å². The van der Waals surface area contributed by atoms with E-state index in [9.17, 15) is 5.11 Å². The third kappa shape index (κ3) is 2.75. The van der Waals surface area contributed by atoms with Crippen LogP contribution in [-0.2, 0) is 4.74 Å². The van der Waals surface area contributed by atoms with Gasteiger partial charge < -0.3 is 9.84 Å². The van der Waals surface area contributed by atoms with Crippen LogP contribution in [0.25, 0.3) is 0 Å². The summed E-state index contributed by atoms with van der Waals surface area (Å²) in [5, 5.41) is 11.4.